The Morgan fingerprint density at radius 1 is 0.920 bits per heavy atom. The van der Waals surface area contributed by atoms with E-state index in [1.165, 1.54) is 22.3 Å². The molecular formula is C24H26O. The van der Waals surface area contributed by atoms with Crippen molar-refractivity contribution in [2.75, 3.05) is 0 Å². The Hall–Kier alpha value is -2.54. The molecular weight excluding hydrogens is 304 g/mol. The van der Waals surface area contributed by atoms with Crippen LogP contribution in [0.5, 0.6) is 5.75 Å². The Balaban J connectivity index is 2.01. The summed E-state index contributed by atoms with van der Waals surface area (Å²) in [5, 5.41) is 10.9. The molecule has 128 valence electrons. The molecule has 2 bridgehead atoms. The summed E-state index contributed by atoms with van der Waals surface area (Å²) in [6.07, 6.45) is 10.8. The van der Waals surface area contributed by atoms with E-state index in [2.05, 4.69) is 62.1 Å². The van der Waals surface area contributed by atoms with Gasteiger partial charge < -0.3 is 5.11 Å². The number of phenolic OH excluding ortho intramolecular Hbond substituents is 1. The van der Waals surface area contributed by atoms with Crippen LogP contribution < -0.4 is 0 Å². The molecule has 0 saturated carbocycles. The number of benzene rings is 2. The predicted octanol–water partition coefficient (Wildman–Crippen LogP) is 5.92. The van der Waals surface area contributed by atoms with E-state index in [0.717, 1.165) is 43.2 Å². The van der Waals surface area contributed by atoms with Crippen molar-refractivity contribution in [1.29, 1.82) is 0 Å². The average Bonchev–Trinajstić information content (AvgIpc) is 2.63. The molecule has 0 radical (unpaired) electrons. The summed E-state index contributed by atoms with van der Waals surface area (Å²) in [7, 11) is 0. The monoisotopic (exact) mass is 330 g/mol. The Labute approximate surface area is 151 Å². The van der Waals surface area contributed by atoms with Crippen molar-refractivity contribution < 1.29 is 5.11 Å². The molecule has 1 heteroatoms. The highest BCUT2D eigenvalue weighted by molar-refractivity contribution is 5.49. The van der Waals surface area contributed by atoms with Crippen LogP contribution >= 0.6 is 0 Å². The van der Waals surface area contributed by atoms with Gasteiger partial charge in [0.15, 0.2) is 0 Å². The molecule has 4 rings (SSSR count). The van der Waals surface area contributed by atoms with E-state index >= 15 is 0 Å². The largest absolute Gasteiger partial charge is 0.507 e. The Morgan fingerprint density at radius 2 is 1.64 bits per heavy atom. The summed E-state index contributed by atoms with van der Waals surface area (Å²) >= 11 is 0. The van der Waals surface area contributed by atoms with Gasteiger partial charge in [-0.3, -0.25) is 0 Å². The summed E-state index contributed by atoms with van der Waals surface area (Å²) in [5.74, 6) is 0.485. The van der Waals surface area contributed by atoms with Crippen LogP contribution in [0.15, 0.2) is 78.4 Å². The van der Waals surface area contributed by atoms with Crippen LogP contribution in [0.2, 0.25) is 0 Å². The molecule has 1 nitrogen and oxygen atoms in total. The second-order valence-corrected chi connectivity index (χ2v) is 6.83. The third kappa shape index (κ3) is 4.30. The Morgan fingerprint density at radius 3 is 2.40 bits per heavy atom. The van der Waals surface area contributed by atoms with Crippen LogP contribution in [0, 0.1) is 0 Å². The molecule has 25 heavy (non-hydrogen) atoms. The molecule has 0 aromatic heterocycles. The van der Waals surface area contributed by atoms with Gasteiger partial charge in [0, 0.05) is 12.0 Å². The lowest BCUT2D eigenvalue weighted by Crippen LogP contribution is -2.01. The molecule has 2 aromatic rings. The van der Waals surface area contributed by atoms with Crippen LogP contribution in [-0.4, -0.2) is 5.11 Å². The van der Waals surface area contributed by atoms with Crippen molar-refractivity contribution in [2.24, 2.45) is 0 Å². The third-order valence-corrected chi connectivity index (χ3v) is 5.00. The lowest BCUT2D eigenvalue weighted by atomic mass is 9.90. The molecule has 2 aliphatic rings. The summed E-state index contributed by atoms with van der Waals surface area (Å²) in [5.41, 5.74) is 7.17. The second kappa shape index (κ2) is 8.02. The molecule has 1 N–H and O–H groups in total. The molecule has 2 aromatic carbocycles. The number of hydrogen-bond donors (Lipinski definition) is 1. The molecule has 0 heterocycles. The molecule has 0 aliphatic heterocycles. The van der Waals surface area contributed by atoms with Crippen LogP contribution in [0.4, 0.5) is 0 Å². The summed E-state index contributed by atoms with van der Waals surface area (Å²) in [4.78, 5) is 0. The van der Waals surface area contributed by atoms with Gasteiger partial charge in [0.05, 0.1) is 0 Å². The van der Waals surface area contributed by atoms with E-state index in [4.69, 9.17) is 0 Å². The highest BCUT2D eigenvalue weighted by Crippen LogP contribution is 2.32. The van der Waals surface area contributed by atoms with Gasteiger partial charge in [0.2, 0.25) is 0 Å². The lowest BCUT2D eigenvalue weighted by molar-refractivity contribution is 0.461. The van der Waals surface area contributed by atoms with Crippen molar-refractivity contribution in [3.8, 4) is 5.75 Å². The minimum atomic E-state index is 0.485. The highest BCUT2D eigenvalue weighted by atomic mass is 16.3. The van der Waals surface area contributed by atoms with Crippen molar-refractivity contribution >= 4 is 0 Å². The SMILES string of the molecule is C=C/C1=C\C=C(/C)CCc2ccc(c(Cc3ccccc3)c2O)CC1. The number of aryl methyl sites for hydroxylation is 2. The Kier molecular flexibility index (Phi) is 5.55. The van der Waals surface area contributed by atoms with Crippen molar-refractivity contribution in [3.63, 3.8) is 0 Å². The lowest BCUT2D eigenvalue weighted by Gasteiger charge is -2.17. The van der Waals surface area contributed by atoms with E-state index < -0.39 is 0 Å². The van der Waals surface area contributed by atoms with Gasteiger partial charge in [-0.1, -0.05) is 72.8 Å². The number of phenols is 1. The summed E-state index contributed by atoms with van der Waals surface area (Å²) < 4.78 is 0. The minimum Gasteiger partial charge on any atom is -0.507 e. The fraction of sp³-hybridized carbons (Fsp3) is 0.250. The molecule has 0 saturated heterocycles. The van der Waals surface area contributed by atoms with E-state index in [-0.39, 0.29) is 0 Å². The fourth-order valence-electron chi connectivity index (χ4n) is 3.36. The van der Waals surface area contributed by atoms with Gasteiger partial charge in [0.1, 0.15) is 5.75 Å². The van der Waals surface area contributed by atoms with E-state index in [0.29, 0.717) is 5.75 Å². The number of rotatable bonds is 3. The normalized spacial score (nSPS) is 19.1. The number of allylic oxidation sites excluding steroid dienone is 5. The maximum absolute atomic E-state index is 10.9. The quantitative estimate of drug-likeness (QED) is 0.740. The molecule has 0 fully saturated rings. The molecule has 2 aliphatic carbocycles. The first kappa shape index (κ1) is 17.3. The highest BCUT2D eigenvalue weighted by Gasteiger charge is 2.14. The molecule has 0 spiro atoms. The molecule has 0 atom stereocenters. The van der Waals surface area contributed by atoms with Crippen LogP contribution in [0.1, 0.15) is 42.0 Å². The first-order chi connectivity index (χ1) is 12.2. The Bertz CT molecular complexity index is 809. The standard InChI is InChI=1S/C24H26O/c1-3-19-11-9-18(2)10-13-22-16-15-21(14-12-19)23(24(22)25)17-20-7-5-4-6-8-20/h3-9,11,15-16,25H,1,10,12-14,17H2,2H3/b18-9+,19-11+. The predicted molar refractivity (Wildman–Crippen MR) is 106 cm³/mol. The smallest absolute Gasteiger partial charge is 0.122 e. The van der Waals surface area contributed by atoms with Gasteiger partial charge in [-0.15, -0.1) is 0 Å². The van der Waals surface area contributed by atoms with Crippen LogP contribution in [0.25, 0.3) is 0 Å². The van der Waals surface area contributed by atoms with Gasteiger partial charge in [0.25, 0.3) is 0 Å². The van der Waals surface area contributed by atoms with Crippen molar-refractivity contribution in [3.05, 3.63) is 101 Å². The first-order valence-electron chi connectivity index (χ1n) is 9.02. The van der Waals surface area contributed by atoms with Gasteiger partial charge in [-0.25, -0.2) is 0 Å². The second-order valence-electron chi connectivity index (χ2n) is 6.83. The third-order valence-electron chi connectivity index (χ3n) is 5.00. The average molecular weight is 330 g/mol. The zero-order valence-corrected chi connectivity index (χ0v) is 15.0. The molecule has 0 amide bonds. The maximum Gasteiger partial charge on any atom is 0.122 e. The van der Waals surface area contributed by atoms with Crippen molar-refractivity contribution in [2.45, 2.75) is 39.0 Å². The zero-order valence-electron chi connectivity index (χ0n) is 15.0. The minimum absolute atomic E-state index is 0.485. The number of aromatic hydroxyl groups is 1. The van der Waals surface area contributed by atoms with E-state index in [9.17, 15) is 5.11 Å². The van der Waals surface area contributed by atoms with Gasteiger partial charge in [-0.05, 0) is 54.9 Å². The van der Waals surface area contributed by atoms with E-state index in [1.807, 2.05) is 12.1 Å². The topological polar surface area (TPSA) is 20.2 Å². The zero-order chi connectivity index (χ0) is 17.6. The number of hydrogen-bond acceptors (Lipinski definition) is 1. The first-order valence-corrected chi connectivity index (χ1v) is 9.02. The van der Waals surface area contributed by atoms with Crippen LogP contribution in [0.3, 0.4) is 0 Å². The summed E-state index contributed by atoms with van der Waals surface area (Å²) in [6, 6.07) is 14.7. The molecule has 0 unspecified atom stereocenters. The number of fused-ring (bicyclic) bond motifs is 7. The van der Waals surface area contributed by atoms with Crippen LogP contribution in [-0.2, 0) is 19.3 Å². The maximum atomic E-state index is 10.9. The van der Waals surface area contributed by atoms with Crippen molar-refractivity contribution in [1.82, 2.24) is 0 Å². The summed E-state index contributed by atoms with van der Waals surface area (Å²) in [6.45, 7) is 6.10. The van der Waals surface area contributed by atoms with Gasteiger partial charge >= 0.3 is 0 Å². The van der Waals surface area contributed by atoms with E-state index in [1.54, 1.807) is 0 Å². The fourth-order valence-corrected chi connectivity index (χ4v) is 3.36. The van der Waals surface area contributed by atoms with Gasteiger partial charge in [-0.2, -0.15) is 0 Å².